The molecule has 0 bridgehead atoms. The van der Waals surface area contributed by atoms with Crippen molar-refractivity contribution in [3.05, 3.63) is 66.5 Å². The van der Waals surface area contributed by atoms with Crippen molar-refractivity contribution in [3.8, 4) is 17.1 Å². The number of pyridine rings is 1. The molecule has 33 heavy (non-hydrogen) atoms. The Morgan fingerprint density at radius 1 is 1.03 bits per heavy atom. The maximum atomic E-state index is 12.6. The number of urea groups is 1. The van der Waals surface area contributed by atoms with Gasteiger partial charge in [0.2, 0.25) is 5.88 Å². The van der Waals surface area contributed by atoms with Crippen molar-refractivity contribution in [1.82, 2.24) is 24.9 Å². The lowest BCUT2D eigenvalue weighted by molar-refractivity contribution is 0.0944. The summed E-state index contributed by atoms with van der Waals surface area (Å²) >= 11 is 0. The van der Waals surface area contributed by atoms with E-state index in [4.69, 9.17) is 4.74 Å². The number of carbonyl (C=O) groups is 2. The maximum Gasteiger partial charge on any atom is 0.324 e. The zero-order valence-corrected chi connectivity index (χ0v) is 18.4. The highest BCUT2D eigenvalue weighted by Gasteiger charge is 2.15. The van der Waals surface area contributed by atoms with Gasteiger partial charge in [0, 0.05) is 23.9 Å². The molecule has 0 aliphatic heterocycles. The topological polar surface area (TPSA) is 123 Å². The van der Waals surface area contributed by atoms with Crippen LogP contribution in [0, 0.1) is 0 Å². The van der Waals surface area contributed by atoms with Crippen molar-refractivity contribution in [2.24, 2.45) is 0 Å². The van der Waals surface area contributed by atoms with Crippen molar-refractivity contribution in [1.29, 1.82) is 0 Å². The molecule has 0 aliphatic rings. The lowest BCUT2D eigenvalue weighted by Crippen LogP contribution is -2.31. The Morgan fingerprint density at radius 2 is 1.85 bits per heavy atom. The molecule has 3 N–H and O–H groups in total. The van der Waals surface area contributed by atoms with E-state index in [0.717, 1.165) is 5.56 Å². The maximum absolute atomic E-state index is 12.6. The molecule has 0 radical (unpaired) electrons. The molecule has 0 fully saturated rings. The van der Waals surface area contributed by atoms with Gasteiger partial charge in [-0.25, -0.2) is 19.3 Å². The number of hydrogen-bond donors (Lipinski definition) is 3. The average Bonchev–Trinajstić information content (AvgIpc) is 3.20. The third-order valence-electron chi connectivity index (χ3n) is 4.64. The monoisotopic (exact) mass is 445 g/mol. The third kappa shape index (κ3) is 5.06. The van der Waals surface area contributed by atoms with Gasteiger partial charge in [-0.05, 0) is 44.2 Å². The predicted octanol–water partition coefficient (Wildman–Crippen LogP) is 3.58. The van der Waals surface area contributed by atoms with E-state index < -0.39 is 6.03 Å². The summed E-state index contributed by atoms with van der Waals surface area (Å²) in [6.45, 7) is 3.74. The van der Waals surface area contributed by atoms with Crippen molar-refractivity contribution < 1.29 is 14.3 Å². The summed E-state index contributed by atoms with van der Waals surface area (Å²) in [6.07, 6.45) is 3.27. The number of nitrogens with zero attached hydrogens (tertiary/aromatic N) is 4. The minimum atomic E-state index is -0.525. The Morgan fingerprint density at radius 3 is 2.58 bits per heavy atom. The normalized spacial score (nSPS) is 10.8. The highest BCUT2D eigenvalue weighted by molar-refractivity contribution is 6.06. The second-order valence-corrected chi connectivity index (χ2v) is 7.49. The summed E-state index contributed by atoms with van der Waals surface area (Å²) < 4.78 is 6.65. The van der Waals surface area contributed by atoms with Gasteiger partial charge in [0.15, 0.2) is 11.5 Å². The number of nitrogens with one attached hydrogen (secondary N) is 3. The molecule has 3 amide bonds. The third-order valence-corrected chi connectivity index (χ3v) is 4.64. The fraction of sp³-hybridized carbons (Fsp3) is 0.174. The number of aromatic nitrogens is 4. The second-order valence-electron chi connectivity index (χ2n) is 7.49. The summed E-state index contributed by atoms with van der Waals surface area (Å²) in [5, 5.41) is 12.7. The largest absolute Gasteiger partial charge is 0.481 e. The van der Waals surface area contributed by atoms with Crippen LogP contribution in [0.15, 0.2) is 60.9 Å². The van der Waals surface area contributed by atoms with E-state index >= 15 is 0 Å². The molecule has 0 atom stereocenters. The first-order chi connectivity index (χ1) is 15.9. The lowest BCUT2D eigenvalue weighted by atomic mass is 10.1. The Balaban J connectivity index is 1.49. The summed E-state index contributed by atoms with van der Waals surface area (Å²) in [6, 6.07) is 13.5. The smallest absolute Gasteiger partial charge is 0.324 e. The minimum absolute atomic E-state index is 0.0246. The van der Waals surface area contributed by atoms with Crippen molar-refractivity contribution >= 4 is 29.1 Å². The molecule has 10 heteroatoms. The van der Waals surface area contributed by atoms with Crippen LogP contribution in [0.4, 0.5) is 16.3 Å². The van der Waals surface area contributed by atoms with Crippen LogP contribution in [0.25, 0.3) is 16.9 Å². The van der Waals surface area contributed by atoms with Crippen LogP contribution in [-0.4, -0.2) is 44.7 Å². The van der Waals surface area contributed by atoms with E-state index in [1.54, 1.807) is 60.4 Å². The molecule has 3 heterocycles. The number of anilines is 2. The van der Waals surface area contributed by atoms with E-state index in [2.05, 4.69) is 31.0 Å². The average molecular weight is 445 g/mol. The molecule has 0 saturated carbocycles. The molecule has 0 unspecified atom stereocenters. The van der Waals surface area contributed by atoms with Crippen LogP contribution in [0.3, 0.4) is 0 Å². The van der Waals surface area contributed by atoms with E-state index in [1.165, 1.54) is 0 Å². The number of amides is 3. The van der Waals surface area contributed by atoms with Gasteiger partial charge in [-0.15, -0.1) is 0 Å². The van der Waals surface area contributed by atoms with E-state index in [1.807, 2.05) is 26.0 Å². The Labute approximate surface area is 190 Å². The molecular weight excluding hydrogens is 422 g/mol. The number of para-hydroxylation sites is 1. The lowest BCUT2D eigenvalue weighted by Gasteiger charge is -2.13. The van der Waals surface area contributed by atoms with Gasteiger partial charge in [-0.3, -0.25) is 10.1 Å². The first-order valence-corrected chi connectivity index (χ1v) is 10.3. The first-order valence-electron chi connectivity index (χ1n) is 10.3. The SMILES string of the molecule is COc1ccc(-c2ccc3nc(NC(=O)Nc4ccccc4C(=O)NC(C)C)cn3n2)cn1. The molecule has 1 aromatic carbocycles. The van der Waals surface area contributed by atoms with Crippen LogP contribution < -0.4 is 20.7 Å². The van der Waals surface area contributed by atoms with E-state index in [9.17, 15) is 9.59 Å². The number of carbonyl (C=O) groups excluding carboxylic acids is 2. The molecule has 10 nitrogen and oxygen atoms in total. The second kappa shape index (κ2) is 9.35. The van der Waals surface area contributed by atoms with Gasteiger partial charge in [0.05, 0.1) is 30.3 Å². The first kappa shape index (κ1) is 21.8. The summed E-state index contributed by atoms with van der Waals surface area (Å²) in [4.78, 5) is 33.5. The van der Waals surface area contributed by atoms with Crippen LogP contribution in [0.5, 0.6) is 5.88 Å². The van der Waals surface area contributed by atoms with E-state index in [0.29, 0.717) is 34.3 Å². The number of imidazole rings is 1. The summed E-state index contributed by atoms with van der Waals surface area (Å²) in [5.41, 5.74) is 2.83. The summed E-state index contributed by atoms with van der Waals surface area (Å²) in [7, 11) is 1.56. The van der Waals surface area contributed by atoms with Gasteiger partial charge in [0.1, 0.15) is 0 Å². The van der Waals surface area contributed by atoms with Gasteiger partial charge in [-0.1, -0.05) is 12.1 Å². The fourth-order valence-corrected chi connectivity index (χ4v) is 3.15. The zero-order valence-electron chi connectivity index (χ0n) is 18.4. The van der Waals surface area contributed by atoms with Gasteiger partial charge < -0.3 is 15.4 Å². The van der Waals surface area contributed by atoms with Crippen LogP contribution >= 0.6 is 0 Å². The Bertz CT molecular complexity index is 1300. The van der Waals surface area contributed by atoms with E-state index in [-0.39, 0.29) is 11.9 Å². The number of fused-ring (bicyclic) bond motifs is 1. The molecule has 0 spiro atoms. The molecule has 4 rings (SSSR count). The predicted molar refractivity (Wildman–Crippen MR) is 124 cm³/mol. The zero-order chi connectivity index (χ0) is 23.4. The Kier molecular flexibility index (Phi) is 6.16. The van der Waals surface area contributed by atoms with Crippen molar-refractivity contribution in [2.45, 2.75) is 19.9 Å². The minimum Gasteiger partial charge on any atom is -0.481 e. The highest BCUT2D eigenvalue weighted by atomic mass is 16.5. The molecule has 0 aliphatic carbocycles. The Hall–Kier alpha value is -4.47. The molecular formula is C23H23N7O3. The quantitative estimate of drug-likeness (QED) is 0.417. The summed E-state index contributed by atoms with van der Waals surface area (Å²) in [5.74, 6) is 0.565. The van der Waals surface area contributed by atoms with Crippen molar-refractivity contribution in [3.63, 3.8) is 0 Å². The fourth-order valence-electron chi connectivity index (χ4n) is 3.15. The number of rotatable bonds is 6. The highest BCUT2D eigenvalue weighted by Crippen LogP contribution is 2.20. The molecule has 168 valence electrons. The van der Waals surface area contributed by atoms with Gasteiger partial charge >= 0.3 is 6.03 Å². The number of benzene rings is 1. The van der Waals surface area contributed by atoms with Crippen molar-refractivity contribution in [2.75, 3.05) is 17.7 Å². The standard InChI is InChI=1S/C23H23N7O3/c1-14(2)25-22(31)16-6-4-5-7-18(16)26-23(32)28-19-13-30-20(27-19)10-9-17(29-30)15-8-11-21(33-3)24-12-15/h4-14H,1-3H3,(H,25,31)(H2,26,28,32). The number of ether oxygens (including phenoxy) is 1. The van der Waals surface area contributed by atoms with Crippen LogP contribution in [0.1, 0.15) is 24.2 Å². The molecule has 3 aromatic heterocycles. The molecule has 0 saturated heterocycles. The van der Waals surface area contributed by atoms with Crippen LogP contribution in [0.2, 0.25) is 0 Å². The number of hydrogen-bond acceptors (Lipinski definition) is 6. The van der Waals surface area contributed by atoms with Gasteiger partial charge in [-0.2, -0.15) is 5.10 Å². The molecule has 4 aromatic rings. The van der Waals surface area contributed by atoms with Gasteiger partial charge in [0.25, 0.3) is 5.91 Å². The van der Waals surface area contributed by atoms with Crippen LogP contribution in [-0.2, 0) is 0 Å². The number of methoxy groups -OCH3 is 1.